The number of likely N-dealkylation sites (tertiary alicyclic amines) is 1. The summed E-state index contributed by atoms with van der Waals surface area (Å²) in [6, 6.07) is -0.0868. The third-order valence-electron chi connectivity index (χ3n) is 4.66. The lowest BCUT2D eigenvalue weighted by molar-refractivity contribution is 0.0706. The number of nitrogens with zero attached hydrogens (tertiary/aromatic N) is 4. The monoisotopic (exact) mass is 328 g/mol. The molecule has 7 nitrogen and oxygen atoms in total. The second-order valence-corrected chi connectivity index (χ2v) is 8.02. The second-order valence-electron chi connectivity index (χ2n) is 6.09. The topological polar surface area (TPSA) is 78.7 Å². The van der Waals surface area contributed by atoms with Gasteiger partial charge < -0.3 is 5.11 Å². The van der Waals surface area contributed by atoms with Gasteiger partial charge in [-0.2, -0.15) is 9.40 Å². The molecule has 0 spiro atoms. The molecular weight excluding hydrogens is 304 g/mol. The standard InChI is InChI=1S/C14H24N4O3S/c1-2-17-9-12(8-15-17)22(20,21)18-10-13(14(19)11-18)16-6-4-3-5-7-16/h8-9,13-14,19H,2-7,10-11H2,1H3/t13-,14-/m0/s1. The Balaban J connectivity index is 1.75. The normalized spacial score (nSPS) is 28.3. The van der Waals surface area contributed by atoms with Crippen LogP contribution in [0.25, 0.3) is 0 Å². The van der Waals surface area contributed by atoms with E-state index in [0.717, 1.165) is 25.9 Å². The Morgan fingerprint density at radius 2 is 2.00 bits per heavy atom. The van der Waals surface area contributed by atoms with Gasteiger partial charge in [0, 0.05) is 25.8 Å². The van der Waals surface area contributed by atoms with Crippen LogP contribution in [0.4, 0.5) is 0 Å². The van der Waals surface area contributed by atoms with Crippen LogP contribution in [0.1, 0.15) is 26.2 Å². The maximum Gasteiger partial charge on any atom is 0.246 e. The van der Waals surface area contributed by atoms with Crippen LogP contribution in [0.3, 0.4) is 0 Å². The van der Waals surface area contributed by atoms with E-state index in [9.17, 15) is 13.5 Å². The average molecular weight is 328 g/mol. The predicted octanol–water partition coefficient (Wildman–Crippen LogP) is 0.123. The maximum absolute atomic E-state index is 12.7. The number of sulfonamides is 1. The molecule has 22 heavy (non-hydrogen) atoms. The minimum Gasteiger partial charge on any atom is -0.390 e. The zero-order chi connectivity index (χ0) is 15.7. The fourth-order valence-corrected chi connectivity index (χ4v) is 4.77. The Labute approximate surface area is 131 Å². The minimum absolute atomic E-state index is 0.0868. The molecule has 8 heteroatoms. The van der Waals surface area contributed by atoms with Crippen molar-refractivity contribution in [3.05, 3.63) is 12.4 Å². The first-order valence-electron chi connectivity index (χ1n) is 7.97. The molecule has 2 aliphatic heterocycles. The largest absolute Gasteiger partial charge is 0.390 e. The number of piperidine rings is 1. The number of aliphatic hydroxyl groups excluding tert-OH is 1. The van der Waals surface area contributed by atoms with Gasteiger partial charge in [0.25, 0.3) is 0 Å². The van der Waals surface area contributed by atoms with Crippen LogP contribution < -0.4 is 0 Å². The Morgan fingerprint density at radius 1 is 1.27 bits per heavy atom. The van der Waals surface area contributed by atoms with Crippen LogP contribution in [-0.2, 0) is 16.6 Å². The molecule has 1 aromatic heterocycles. The summed E-state index contributed by atoms with van der Waals surface area (Å²) in [5, 5.41) is 14.3. The van der Waals surface area contributed by atoms with E-state index in [0.29, 0.717) is 13.1 Å². The Hall–Kier alpha value is -0.960. The van der Waals surface area contributed by atoms with Crippen molar-refractivity contribution in [1.29, 1.82) is 0 Å². The number of hydrogen-bond acceptors (Lipinski definition) is 5. The number of aliphatic hydroxyl groups is 1. The molecule has 2 atom stereocenters. The van der Waals surface area contributed by atoms with E-state index >= 15 is 0 Å². The minimum atomic E-state index is -3.57. The molecule has 1 aromatic rings. The average Bonchev–Trinajstić information content (AvgIpc) is 3.15. The number of aryl methyl sites for hydroxylation is 1. The quantitative estimate of drug-likeness (QED) is 0.849. The summed E-state index contributed by atoms with van der Waals surface area (Å²) in [6.07, 6.45) is 5.79. The van der Waals surface area contributed by atoms with Crippen molar-refractivity contribution in [3.8, 4) is 0 Å². The summed E-state index contributed by atoms with van der Waals surface area (Å²) in [5.41, 5.74) is 0. The molecular formula is C14H24N4O3S. The lowest BCUT2D eigenvalue weighted by Crippen LogP contribution is -2.46. The highest BCUT2D eigenvalue weighted by molar-refractivity contribution is 7.89. The molecule has 0 aliphatic carbocycles. The smallest absolute Gasteiger partial charge is 0.246 e. The van der Waals surface area contributed by atoms with Crippen molar-refractivity contribution >= 4 is 10.0 Å². The van der Waals surface area contributed by atoms with Gasteiger partial charge in [0.05, 0.1) is 18.3 Å². The van der Waals surface area contributed by atoms with Gasteiger partial charge in [0.15, 0.2) is 0 Å². The van der Waals surface area contributed by atoms with Gasteiger partial charge in [0.1, 0.15) is 4.90 Å². The Morgan fingerprint density at radius 3 is 2.64 bits per heavy atom. The molecule has 1 N–H and O–H groups in total. The molecule has 124 valence electrons. The van der Waals surface area contributed by atoms with Crippen molar-refractivity contribution in [2.75, 3.05) is 26.2 Å². The first-order chi connectivity index (χ1) is 10.5. The molecule has 0 aromatic carbocycles. The van der Waals surface area contributed by atoms with Gasteiger partial charge >= 0.3 is 0 Å². The fraction of sp³-hybridized carbons (Fsp3) is 0.786. The summed E-state index contributed by atoms with van der Waals surface area (Å²) in [5.74, 6) is 0. The summed E-state index contributed by atoms with van der Waals surface area (Å²) in [4.78, 5) is 2.44. The lowest BCUT2D eigenvalue weighted by Gasteiger charge is -2.33. The fourth-order valence-electron chi connectivity index (χ4n) is 3.34. The third kappa shape index (κ3) is 2.92. The molecule has 0 unspecified atom stereocenters. The SMILES string of the molecule is CCn1cc(S(=O)(=O)N2C[C@H](O)[C@@H](N3CCCCC3)C2)cn1. The molecule has 0 radical (unpaired) electrons. The highest BCUT2D eigenvalue weighted by atomic mass is 32.2. The molecule has 2 fully saturated rings. The maximum atomic E-state index is 12.7. The van der Waals surface area contributed by atoms with Crippen molar-refractivity contribution in [2.24, 2.45) is 0 Å². The van der Waals surface area contributed by atoms with Crippen LogP contribution in [0.15, 0.2) is 17.3 Å². The van der Waals surface area contributed by atoms with Gasteiger partial charge in [-0.15, -0.1) is 0 Å². The van der Waals surface area contributed by atoms with E-state index in [2.05, 4.69) is 10.00 Å². The van der Waals surface area contributed by atoms with Gasteiger partial charge in [-0.1, -0.05) is 6.42 Å². The molecule has 3 rings (SSSR count). The number of β-amino-alcohol motifs (C(OH)–C–C–N with tert-alkyl or cyclic N) is 1. The van der Waals surface area contributed by atoms with Crippen molar-refractivity contribution < 1.29 is 13.5 Å². The molecule has 0 amide bonds. The molecule has 0 bridgehead atoms. The lowest BCUT2D eigenvalue weighted by atomic mass is 10.1. The van der Waals surface area contributed by atoms with E-state index in [1.807, 2.05) is 6.92 Å². The predicted molar refractivity (Wildman–Crippen MR) is 81.9 cm³/mol. The number of rotatable bonds is 4. The highest BCUT2D eigenvalue weighted by Crippen LogP contribution is 2.25. The van der Waals surface area contributed by atoms with E-state index < -0.39 is 16.1 Å². The van der Waals surface area contributed by atoms with Crippen LogP contribution in [0.2, 0.25) is 0 Å². The first-order valence-corrected chi connectivity index (χ1v) is 9.41. The van der Waals surface area contributed by atoms with Crippen LogP contribution in [-0.4, -0.2) is 70.8 Å². The summed E-state index contributed by atoms with van der Waals surface area (Å²) >= 11 is 0. The van der Waals surface area contributed by atoms with Gasteiger partial charge in [0.2, 0.25) is 10.0 Å². The molecule has 3 heterocycles. The zero-order valence-electron chi connectivity index (χ0n) is 12.9. The van der Waals surface area contributed by atoms with E-state index in [1.165, 1.54) is 16.9 Å². The number of hydrogen-bond donors (Lipinski definition) is 1. The molecule has 2 aliphatic rings. The summed E-state index contributed by atoms with van der Waals surface area (Å²) < 4.78 is 28.4. The summed E-state index contributed by atoms with van der Waals surface area (Å²) in [6.45, 7) is 4.97. The molecule has 2 saturated heterocycles. The van der Waals surface area contributed by atoms with E-state index in [-0.39, 0.29) is 17.5 Å². The Bertz CT molecular complexity index is 609. The van der Waals surface area contributed by atoms with Gasteiger partial charge in [-0.05, 0) is 32.9 Å². The van der Waals surface area contributed by atoms with Crippen molar-refractivity contribution in [1.82, 2.24) is 19.0 Å². The van der Waals surface area contributed by atoms with Crippen LogP contribution in [0, 0.1) is 0 Å². The third-order valence-corrected chi connectivity index (χ3v) is 6.44. The summed E-state index contributed by atoms with van der Waals surface area (Å²) in [7, 11) is -3.57. The Kier molecular flexibility index (Phi) is 4.54. The van der Waals surface area contributed by atoms with Crippen molar-refractivity contribution in [3.63, 3.8) is 0 Å². The highest BCUT2D eigenvalue weighted by Gasteiger charge is 2.41. The van der Waals surface area contributed by atoms with E-state index in [1.54, 1.807) is 10.9 Å². The van der Waals surface area contributed by atoms with E-state index in [4.69, 9.17) is 0 Å². The molecule has 0 saturated carbocycles. The van der Waals surface area contributed by atoms with Gasteiger partial charge in [-0.25, -0.2) is 8.42 Å². The van der Waals surface area contributed by atoms with Crippen molar-refractivity contribution in [2.45, 2.75) is 49.8 Å². The first kappa shape index (κ1) is 15.9. The van der Waals surface area contributed by atoms with Crippen LogP contribution >= 0.6 is 0 Å². The second kappa shape index (κ2) is 6.27. The number of aromatic nitrogens is 2. The zero-order valence-corrected chi connectivity index (χ0v) is 13.7. The van der Waals surface area contributed by atoms with Crippen LogP contribution in [0.5, 0.6) is 0 Å². The van der Waals surface area contributed by atoms with Gasteiger partial charge in [-0.3, -0.25) is 9.58 Å².